The van der Waals surface area contributed by atoms with E-state index in [-0.39, 0.29) is 11.4 Å². The van der Waals surface area contributed by atoms with Crippen LogP contribution in [-0.4, -0.2) is 9.97 Å². The highest BCUT2D eigenvalue weighted by atomic mass is 35.5. The number of hydrogen-bond acceptors (Lipinski definition) is 4. The van der Waals surface area contributed by atoms with Gasteiger partial charge in [-0.15, -0.1) is 11.3 Å². The zero-order valence-corrected chi connectivity index (χ0v) is 17.2. The van der Waals surface area contributed by atoms with Gasteiger partial charge in [0.2, 0.25) is 0 Å². The van der Waals surface area contributed by atoms with Crippen molar-refractivity contribution in [3.63, 3.8) is 0 Å². The molecule has 0 amide bonds. The van der Waals surface area contributed by atoms with Gasteiger partial charge in [-0.05, 0) is 37.0 Å². The molecule has 0 saturated heterocycles. The average Bonchev–Trinajstić information content (AvgIpc) is 2.90. The van der Waals surface area contributed by atoms with Gasteiger partial charge in [0.15, 0.2) is 5.16 Å². The summed E-state index contributed by atoms with van der Waals surface area (Å²) in [6, 6.07) is 4.61. The Kier molecular flexibility index (Phi) is 6.05. The van der Waals surface area contributed by atoms with Crippen LogP contribution in [0.5, 0.6) is 0 Å². The van der Waals surface area contributed by atoms with Gasteiger partial charge < -0.3 is 4.98 Å². The highest BCUT2D eigenvalue weighted by molar-refractivity contribution is 7.98. The van der Waals surface area contributed by atoms with Crippen LogP contribution in [0, 0.1) is 18.7 Å². The molecule has 0 radical (unpaired) electrons. The van der Waals surface area contributed by atoms with Crippen LogP contribution in [0.25, 0.3) is 10.2 Å². The van der Waals surface area contributed by atoms with Crippen LogP contribution in [0.3, 0.4) is 0 Å². The molecule has 0 aliphatic rings. The summed E-state index contributed by atoms with van der Waals surface area (Å²) in [7, 11) is 0. The van der Waals surface area contributed by atoms with E-state index in [1.54, 1.807) is 23.5 Å². The van der Waals surface area contributed by atoms with Crippen molar-refractivity contribution in [1.82, 2.24) is 9.97 Å². The Labute approximate surface area is 165 Å². The van der Waals surface area contributed by atoms with Crippen molar-refractivity contribution in [2.45, 2.75) is 44.5 Å². The fourth-order valence-corrected chi connectivity index (χ4v) is 5.09. The van der Waals surface area contributed by atoms with Crippen LogP contribution in [0.2, 0.25) is 5.02 Å². The number of nitrogens with one attached hydrogen (secondary N) is 1. The summed E-state index contributed by atoms with van der Waals surface area (Å²) >= 11 is 8.89. The summed E-state index contributed by atoms with van der Waals surface area (Å²) in [6.07, 6.45) is 1.95. The SMILES string of the molecule is CC[C@H](C)Cc1c(C)sc2nc(SCc3c(F)cccc3Cl)[nH]c(=O)c12. The quantitative estimate of drug-likeness (QED) is 0.402. The van der Waals surface area contributed by atoms with Crippen molar-refractivity contribution < 1.29 is 4.39 Å². The molecule has 1 atom stereocenters. The van der Waals surface area contributed by atoms with Gasteiger partial charge in [0, 0.05) is 21.2 Å². The third kappa shape index (κ3) is 3.97. The molecular formula is C19H20ClFN2OS2. The van der Waals surface area contributed by atoms with Gasteiger partial charge in [0.1, 0.15) is 10.6 Å². The second-order valence-electron chi connectivity index (χ2n) is 6.39. The smallest absolute Gasteiger partial charge is 0.260 e. The van der Waals surface area contributed by atoms with Gasteiger partial charge in [0.25, 0.3) is 5.56 Å². The summed E-state index contributed by atoms with van der Waals surface area (Å²) in [6.45, 7) is 6.38. The van der Waals surface area contributed by atoms with Gasteiger partial charge in [-0.1, -0.05) is 49.7 Å². The van der Waals surface area contributed by atoms with Crippen LogP contribution in [0.1, 0.15) is 36.3 Å². The number of benzene rings is 1. The van der Waals surface area contributed by atoms with Gasteiger partial charge in [0.05, 0.1) is 5.39 Å². The highest BCUT2D eigenvalue weighted by Gasteiger charge is 2.17. The number of fused-ring (bicyclic) bond motifs is 1. The Balaban J connectivity index is 1.91. The first-order valence-corrected chi connectivity index (χ1v) is 10.7. The van der Waals surface area contributed by atoms with Crippen molar-refractivity contribution in [3.8, 4) is 0 Å². The van der Waals surface area contributed by atoms with E-state index in [2.05, 4.69) is 23.8 Å². The Morgan fingerprint density at radius 3 is 2.85 bits per heavy atom. The fraction of sp³-hybridized carbons (Fsp3) is 0.368. The zero-order chi connectivity index (χ0) is 18.8. The standard InChI is InChI=1S/C19H20ClFN2OS2/c1-4-10(2)8-12-11(3)26-18-16(12)17(24)22-19(23-18)25-9-13-14(20)6-5-7-15(13)21/h5-7,10H,4,8-9H2,1-3H3,(H,22,23,24)/t10-/m0/s1. The van der Waals surface area contributed by atoms with E-state index in [0.717, 1.165) is 28.1 Å². The number of rotatable bonds is 6. The minimum atomic E-state index is -0.351. The molecule has 7 heteroatoms. The molecule has 3 nitrogen and oxygen atoms in total. The van der Waals surface area contributed by atoms with E-state index < -0.39 is 0 Å². The maximum atomic E-state index is 13.9. The third-order valence-corrected chi connectivity index (χ3v) is 6.80. The Bertz CT molecular complexity index is 979. The van der Waals surface area contributed by atoms with Gasteiger partial charge in [-0.2, -0.15) is 0 Å². The Hall–Kier alpha value is -1.37. The maximum Gasteiger partial charge on any atom is 0.260 e. The molecule has 0 aliphatic carbocycles. The second kappa shape index (κ2) is 8.11. The van der Waals surface area contributed by atoms with Crippen molar-refractivity contribution in [2.75, 3.05) is 0 Å². The van der Waals surface area contributed by atoms with Gasteiger partial charge >= 0.3 is 0 Å². The molecule has 138 valence electrons. The molecular weight excluding hydrogens is 391 g/mol. The molecule has 2 aromatic heterocycles. The minimum Gasteiger partial charge on any atom is -0.301 e. The molecule has 2 heterocycles. The fourth-order valence-electron chi connectivity index (χ4n) is 2.77. The summed E-state index contributed by atoms with van der Waals surface area (Å²) in [5, 5.41) is 1.56. The van der Waals surface area contributed by atoms with Gasteiger partial charge in [-0.25, -0.2) is 9.37 Å². The summed E-state index contributed by atoms with van der Waals surface area (Å²) in [4.78, 5) is 22.0. The summed E-state index contributed by atoms with van der Waals surface area (Å²) < 4.78 is 13.9. The topological polar surface area (TPSA) is 45.8 Å². The number of thiophene rings is 1. The Morgan fingerprint density at radius 1 is 1.38 bits per heavy atom. The third-order valence-electron chi connectivity index (χ3n) is 4.51. The minimum absolute atomic E-state index is 0.125. The lowest BCUT2D eigenvalue weighted by Crippen LogP contribution is -2.11. The summed E-state index contributed by atoms with van der Waals surface area (Å²) in [5.41, 5.74) is 1.39. The number of aromatic amines is 1. The average molecular weight is 411 g/mol. The van der Waals surface area contributed by atoms with E-state index in [1.165, 1.54) is 17.8 Å². The lowest BCUT2D eigenvalue weighted by Gasteiger charge is -2.08. The van der Waals surface area contributed by atoms with E-state index in [1.807, 2.05) is 6.92 Å². The largest absolute Gasteiger partial charge is 0.301 e. The second-order valence-corrected chi connectivity index (χ2v) is 8.97. The molecule has 0 unspecified atom stereocenters. The normalized spacial score (nSPS) is 12.7. The first kappa shape index (κ1) is 19.4. The van der Waals surface area contributed by atoms with Crippen molar-refractivity contribution in [2.24, 2.45) is 5.92 Å². The first-order valence-electron chi connectivity index (χ1n) is 8.48. The van der Waals surface area contributed by atoms with Crippen molar-refractivity contribution in [1.29, 1.82) is 0 Å². The summed E-state index contributed by atoms with van der Waals surface area (Å²) in [5.74, 6) is 0.476. The molecule has 0 saturated carbocycles. The van der Waals surface area contributed by atoms with E-state index in [0.29, 0.717) is 32.8 Å². The molecule has 1 N–H and O–H groups in total. The molecule has 0 fully saturated rings. The molecule has 26 heavy (non-hydrogen) atoms. The van der Waals surface area contributed by atoms with E-state index in [9.17, 15) is 9.18 Å². The number of aromatic nitrogens is 2. The Morgan fingerprint density at radius 2 is 2.15 bits per heavy atom. The van der Waals surface area contributed by atoms with Gasteiger partial charge in [-0.3, -0.25) is 4.79 Å². The number of nitrogens with zero attached hydrogens (tertiary/aromatic N) is 1. The van der Waals surface area contributed by atoms with Crippen LogP contribution >= 0.6 is 34.7 Å². The monoisotopic (exact) mass is 410 g/mol. The molecule has 3 rings (SSSR count). The zero-order valence-electron chi connectivity index (χ0n) is 14.9. The van der Waals surface area contributed by atoms with Crippen LogP contribution < -0.4 is 5.56 Å². The van der Waals surface area contributed by atoms with Crippen LogP contribution in [0.15, 0.2) is 28.2 Å². The molecule has 1 aromatic carbocycles. The predicted molar refractivity (Wildman–Crippen MR) is 109 cm³/mol. The predicted octanol–water partition coefficient (Wildman–Crippen LogP) is 5.97. The lowest BCUT2D eigenvalue weighted by atomic mass is 9.98. The number of halogens is 2. The molecule has 0 spiro atoms. The van der Waals surface area contributed by atoms with Crippen LogP contribution in [0.4, 0.5) is 4.39 Å². The molecule has 0 aliphatic heterocycles. The van der Waals surface area contributed by atoms with Crippen LogP contribution in [-0.2, 0) is 12.2 Å². The number of aryl methyl sites for hydroxylation is 1. The number of thioether (sulfide) groups is 1. The first-order chi connectivity index (χ1) is 12.4. The van der Waals surface area contributed by atoms with Crippen molar-refractivity contribution in [3.05, 3.63) is 55.4 Å². The van der Waals surface area contributed by atoms with E-state index in [4.69, 9.17) is 11.6 Å². The van der Waals surface area contributed by atoms with E-state index >= 15 is 0 Å². The maximum absolute atomic E-state index is 13.9. The molecule has 3 aromatic rings. The number of hydrogen-bond donors (Lipinski definition) is 1. The lowest BCUT2D eigenvalue weighted by molar-refractivity contribution is 0.561. The number of H-pyrrole nitrogens is 1. The molecule has 0 bridgehead atoms. The van der Waals surface area contributed by atoms with Crippen molar-refractivity contribution >= 4 is 44.9 Å². The highest BCUT2D eigenvalue weighted by Crippen LogP contribution is 2.32.